The van der Waals surface area contributed by atoms with Crippen molar-refractivity contribution in [2.24, 2.45) is 0 Å². The second-order valence-electron chi connectivity index (χ2n) is 5.13. The molecular weight excluding hydrogens is 206 g/mol. The Kier molecular flexibility index (Phi) is 2.17. The van der Waals surface area contributed by atoms with Crippen LogP contribution in [-0.4, -0.2) is 41.5 Å². The van der Waals surface area contributed by atoms with Crippen molar-refractivity contribution in [1.82, 2.24) is 15.5 Å². The lowest BCUT2D eigenvalue weighted by Crippen LogP contribution is -2.60. The monoisotopic (exact) mass is 223 g/mol. The lowest BCUT2D eigenvalue weighted by molar-refractivity contribution is -0.127. The summed E-state index contributed by atoms with van der Waals surface area (Å²) in [5, 5.41) is 6.14. The molecule has 0 aromatic heterocycles. The normalized spacial score (nSPS) is 32.8. The Morgan fingerprint density at radius 3 is 2.69 bits per heavy atom. The summed E-state index contributed by atoms with van der Waals surface area (Å²) in [6.07, 6.45) is 5.47. The fourth-order valence-corrected chi connectivity index (χ4v) is 3.14. The smallest absolute Gasteiger partial charge is 0.324 e. The number of amides is 3. The summed E-state index contributed by atoms with van der Waals surface area (Å²) in [7, 11) is 0. The molecule has 2 heterocycles. The summed E-state index contributed by atoms with van der Waals surface area (Å²) >= 11 is 0. The van der Waals surface area contributed by atoms with Crippen LogP contribution in [0.3, 0.4) is 0 Å². The molecule has 3 rings (SSSR count). The van der Waals surface area contributed by atoms with Gasteiger partial charge in [-0.2, -0.15) is 0 Å². The zero-order valence-corrected chi connectivity index (χ0v) is 9.29. The van der Waals surface area contributed by atoms with Crippen LogP contribution in [0.25, 0.3) is 0 Å². The molecule has 1 aliphatic carbocycles. The van der Waals surface area contributed by atoms with Gasteiger partial charge in [0.2, 0.25) is 5.91 Å². The number of carbonyl (C=O) groups is 2. The predicted molar refractivity (Wildman–Crippen MR) is 57.9 cm³/mol. The van der Waals surface area contributed by atoms with E-state index in [0.717, 1.165) is 19.4 Å². The van der Waals surface area contributed by atoms with Crippen molar-refractivity contribution < 1.29 is 9.59 Å². The van der Waals surface area contributed by atoms with Gasteiger partial charge in [0, 0.05) is 11.6 Å². The Labute approximate surface area is 94.6 Å². The van der Waals surface area contributed by atoms with Crippen LogP contribution in [0.1, 0.15) is 32.1 Å². The lowest BCUT2D eigenvalue weighted by Gasteiger charge is -2.49. The minimum absolute atomic E-state index is 0.0635. The number of urea groups is 1. The summed E-state index contributed by atoms with van der Waals surface area (Å²) in [4.78, 5) is 24.6. The number of piperidine rings is 1. The third-order valence-electron chi connectivity index (χ3n) is 4.16. The third kappa shape index (κ3) is 1.42. The van der Waals surface area contributed by atoms with E-state index in [0.29, 0.717) is 0 Å². The van der Waals surface area contributed by atoms with Crippen LogP contribution in [-0.2, 0) is 4.79 Å². The first-order valence-corrected chi connectivity index (χ1v) is 6.05. The Balaban J connectivity index is 1.74. The Morgan fingerprint density at radius 1 is 1.31 bits per heavy atom. The molecule has 3 amide bonds. The van der Waals surface area contributed by atoms with Crippen LogP contribution < -0.4 is 10.6 Å². The molecule has 3 fully saturated rings. The average Bonchev–Trinajstić information content (AvgIpc) is 2.57. The lowest BCUT2D eigenvalue weighted by atomic mass is 9.70. The van der Waals surface area contributed by atoms with Gasteiger partial charge in [0.1, 0.15) is 0 Å². The third-order valence-corrected chi connectivity index (χ3v) is 4.16. The highest BCUT2D eigenvalue weighted by atomic mass is 16.2. The van der Waals surface area contributed by atoms with E-state index in [9.17, 15) is 9.59 Å². The second kappa shape index (κ2) is 3.45. The molecule has 3 aliphatic rings. The van der Waals surface area contributed by atoms with Gasteiger partial charge in [0.05, 0.1) is 6.54 Å². The largest absolute Gasteiger partial charge is 0.329 e. The van der Waals surface area contributed by atoms with Crippen LogP contribution in [0.5, 0.6) is 0 Å². The maximum absolute atomic E-state index is 11.6. The van der Waals surface area contributed by atoms with Gasteiger partial charge in [-0.1, -0.05) is 0 Å². The van der Waals surface area contributed by atoms with E-state index in [-0.39, 0.29) is 30.1 Å². The number of imide groups is 1. The van der Waals surface area contributed by atoms with Gasteiger partial charge in [-0.3, -0.25) is 9.69 Å². The first-order chi connectivity index (χ1) is 7.70. The van der Waals surface area contributed by atoms with Gasteiger partial charge in [-0.05, 0) is 38.6 Å². The fourth-order valence-electron chi connectivity index (χ4n) is 3.14. The predicted octanol–water partition coefficient (Wildman–Crippen LogP) is 0.213. The molecule has 0 bridgehead atoms. The number of nitrogens with one attached hydrogen (secondary N) is 2. The standard InChI is InChI=1S/C11H17N3O2/c15-9-7-12-10(16)14(9)8-2-5-13-11(6-8)3-1-4-11/h8,13H,1-7H2,(H,12,16). The Morgan fingerprint density at radius 2 is 2.12 bits per heavy atom. The van der Waals surface area contributed by atoms with E-state index in [1.165, 1.54) is 24.2 Å². The zero-order valence-electron chi connectivity index (χ0n) is 9.29. The van der Waals surface area contributed by atoms with Gasteiger partial charge < -0.3 is 10.6 Å². The molecule has 1 unspecified atom stereocenters. The summed E-state index contributed by atoms with van der Waals surface area (Å²) in [5.74, 6) is -0.0635. The molecule has 16 heavy (non-hydrogen) atoms. The number of rotatable bonds is 1. The molecule has 1 saturated carbocycles. The van der Waals surface area contributed by atoms with Gasteiger partial charge in [0.15, 0.2) is 0 Å². The molecule has 2 N–H and O–H groups in total. The molecule has 0 aromatic carbocycles. The van der Waals surface area contributed by atoms with Crippen LogP contribution in [0.15, 0.2) is 0 Å². The van der Waals surface area contributed by atoms with Gasteiger partial charge in [-0.25, -0.2) is 4.79 Å². The van der Waals surface area contributed by atoms with Crippen LogP contribution >= 0.6 is 0 Å². The summed E-state index contributed by atoms with van der Waals surface area (Å²) in [6, 6.07) is -0.0945. The topological polar surface area (TPSA) is 61.4 Å². The first-order valence-electron chi connectivity index (χ1n) is 6.05. The number of nitrogens with zero attached hydrogens (tertiary/aromatic N) is 1. The fraction of sp³-hybridized carbons (Fsp3) is 0.818. The number of hydrogen-bond acceptors (Lipinski definition) is 3. The van der Waals surface area contributed by atoms with Gasteiger partial charge in [0.25, 0.3) is 0 Å². The first kappa shape index (κ1) is 10.1. The van der Waals surface area contributed by atoms with E-state index in [4.69, 9.17) is 0 Å². The maximum Gasteiger partial charge on any atom is 0.324 e. The van der Waals surface area contributed by atoms with E-state index >= 15 is 0 Å². The van der Waals surface area contributed by atoms with Crippen molar-refractivity contribution in [2.75, 3.05) is 13.1 Å². The van der Waals surface area contributed by atoms with Crippen molar-refractivity contribution >= 4 is 11.9 Å². The molecule has 1 atom stereocenters. The van der Waals surface area contributed by atoms with Crippen molar-refractivity contribution in [3.63, 3.8) is 0 Å². The maximum atomic E-state index is 11.6. The summed E-state index contributed by atoms with van der Waals surface area (Å²) in [6.45, 7) is 1.09. The molecule has 2 aliphatic heterocycles. The molecule has 5 heteroatoms. The molecule has 0 aromatic rings. The Bertz CT molecular complexity index is 322. The van der Waals surface area contributed by atoms with Gasteiger partial charge >= 0.3 is 6.03 Å². The van der Waals surface area contributed by atoms with E-state index in [2.05, 4.69) is 10.6 Å². The highest BCUT2D eigenvalue weighted by Gasteiger charge is 2.45. The van der Waals surface area contributed by atoms with Crippen LogP contribution in [0.2, 0.25) is 0 Å². The molecule has 0 radical (unpaired) electrons. The molecular formula is C11H17N3O2. The van der Waals surface area contributed by atoms with Crippen molar-refractivity contribution in [3.05, 3.63) is 0 Å². The van der Waals surface area contributed by atoms with Crippen molar-refractivity contribution in [3.8, 4) is 0 Å². The average molecular weight is 223 g/mol. The summed E-state index contributed by atoms with van der Waals surface area (Å²) in [5.41, 5.74) is 0.228. The van der Waals surface area contributed by atoms with E-state index < -0.39 is 0 Å². The van der Waals surface area contributed by atoms with Gasteiger partial charge in [-0.15, -0.1) is 0 Å². The van der Waals surface area contributed by atoms with E-state index in [1.54, 1.807) is 0 Å². The van der Waals surface area contributed by atoms with Crippen LogP contribution in [0.4, 0.5) is 4.79 Å². The molecule has 5 nitrogen and oxygen atoms in total. The summed E-state index contributed by atoms with van der Waals surface area (Å²) < 4.78 is 0. The highest BCUT2D eigenvalue weighted by molar-refractivity contribution is 6.02. The second-order valence-corrected chi connectivity index (χ2v) is 5.13. The zero-order chi connectivity index (χ0) is 11.2. The number of carbonyl (C=O) groups excluding carboxylic acids is 2. The Hall–Kier alpha value is -1.10. The SMILES string of the molecule is O=C1CNC(=O)N1C1CCNC2(CCC2)C1. The molecule has 2 saturated heterocycles. The van der Waals surface area contributed by atoms with E-state index in [1.807, 2.05) is 0 Å². The highest BCUT2D eigenvalue weighted by Crippen LogP contribution is 2.39. The number of hydrogen-bond donors (Lipinski definition) is 2. The van der Waals surface area contributed by atoms with Crippen molar-refractivity contribution in [1.29, 1.82) is 0 Å². The van der Waals surface area contributed by atoms with Crippen molar-refractivity contribution in [2.45, 2.75) is 43.7 Å². The minimum Gasteiger partial charge on any atom is -0.329 e. The molecule has 88 valence electrons. The van der Waals surface area contributed by atoms with Crippen LogP contribution in [0, 0.1) is 0 Å². The molecule has 1 spiro atoms. The minimum atomic E-state index is -0.202. The quantitative estimate of drug-likeness (QED) is 0.625.